The molecule has 1 nitrogen and oxygen atoms in total. The SMILES string of the molecule is C#CC(NC)c1cc(C)ccc1C. The molecule has 68 valence electrons. The molecule has 0 aromatic heterocycles. The molecule has 1 heteroatoms. The van der Waals surface area contributed by atoms with Crippen molar-refractivity contribution in [3.8, 4) is 12.3 Å². The van der Waals surface area contributed by atoms with Crippen LogP contribution in [0.3, 0.4) is 0 Å². The Morgan fingerprint density at radius 1 is 1.38 bits per heavy atom. The highest BCUT2D eigenvalue weighted by Gasteiger charge is 2.07. The van der Waals surface area contributed by atoms with Crippen molar-refractivity contribution in [1.82, 2.24) is 5.32 Å². The van der Waals surface area contributed by atoms with E-state index in [9.17, 15) is 0 Å². The van der Waals surface area contributed by atoms with Crippen LogP contribution in [0.5, 0.6) is 0 Å². The standard InChI is InChI=1S/C12H15N/c1-5-12(13-4)11-8-9(2)6-7-10(11)3/h1,6-8,12-13H,2-4H3. The van der Waals surface area contributed by atoms with Gasteiger partial charge in [0.25, 0.3) is 0 Å². The first kappa shape index (κ1) is 9.83. The quantitative estimate of drug-likeness (QED) is 0.676. The van der Waals surface area contributed by atoms with Crippen molar-refractivity contribution >= 4 is 0 Å². The molecule has 1 N–H and O–H groups in total. The second-order valence-electron chi connectivity index (χ2n) is 3.25. The lowest BCUT2D eigenvalue weighted by Crippen LogP contribution is -2.15. The predicted octanol–water partition coefficient (Wildman–Crippen LogP) is 2.20. The zero-order valence-corrected chi connectivity index (χ0v) is 8.39. The second kappa shape index (κ2) is 4.11. The first-order valence-corrected chi connectivity index (χ1v) is 4.39. The smallest absolute Gasteiger partial charge is 0.0943 e. The van der Waals surface area contributed by atoms with E-state index in [1.54, 1.807) is 0 Å². The summed E-state index contributed by atoms with van der Waals surface area (Å²) in [5.41, 5.74) is 3.68. The third-order valence-corrected chi connectivity index (χ3v) is 2.20. The van der Waals surface area contributed by atoms with Crippen LogP contribution in [0.4, 0.5) is 0 Å². The highest BCUT2D eigenvalue weighted by Crippen LogP contribution is 2.17. The van der Waals surface area contributed by atoms with E-state index in [4.69, 9.17) is 6.42 Å². The van der Waals surface area contributed by atoms with E-state index < -0.39 is 0 Å². The average Bonchev–Trinajstić information content (AvgIpc) is 2.13. The zero-order chi connectivity index (χ0) is 9.84. The summed E-state index contributed by atoms with van der Waals surface area (Å²) in [5.74, 6) is 2.72. The molecule has 0 amide bonds. The lowest BCUT2D eigenvalue weighted by molar-refractivity contribution is 0.731. The van der Waals surface area contributed by atoms with Gasteiger partial charge < -0.3 is 5.32 Å². The molecule has 1 aromatic rings. The molecular formula is C12H15N. The maximum Gasteiger partial charge on any atom is 0.0943 e. The van der Waals surface area contributed by atoms with E-state index in [0.717, 1.165) is 0 Å². The van der Waals surface area contributed by atoms with E-state index in [1.165, 1.54) is 16.7 Å². The van der Waals surface area contributed by atoms with Gasteiger partial charge in [0.15, 0.2) is 0 Å². The van der Waals surface area contributed by atoms with Crippen LogP contribution in [0.25, 0.3) is 0 Å². The highest BCUT2D eigenvalue weighted by atomic mass is 14.9. The van der Waals surface area contributed by atoms with Crippen LogP contribution in [0.1, 0.15) is 22.7 Å². The number of hydrogen-bond donors (Lipinski definition) is 1. The molecule has 0 saturated heterocycles. The zero-order valence-electron chi connectivity index (χ0n) is 8.39. The molecule has 0 aliphatic rings. The minimum atomic E-state index is 0.0277. The Morgan fingerprint density at radius 3 is 2.62 bits per heavy atom. The van der Waals surface area contributed by atoms with Gasteiger partial charge in [0.2, 0.25) is 0 Å². The first-order chi connectivity index (χ1) is 6.19. The third kappa shape index (κ3) is 2.11. The van der Waals surface area contributed by atoms with Gasteiger partial charge in [-0.2, -0.15) is 0 Å². The molecule has 0 fully saturated rings. The number of rotatable bonds is 2. The fourth-order valence-corrected chi connectivity index (χ4v) is 1.40. The molecule has 1 rings (SSSR count). The van der Waals surface area contributed by atoms with Gasteiger partial charge in [-0.05, 0) is 32.0 Å². The number of aryl methyl sites for hydroxylation is 2. The van der Waals surface area contributed by atoms with Crippen LogP contribution in [0.15, 0.2) is 18.2 Å². The Labute approximate surface area is 80.2 Å². The van der Waals surface area contributed by atoms with Gasteiger partial charge >= 0.3 is 0 Å². The van der Waals surface area contributed by atoms with E-state index >= 15 is 0 Å². The van der Waals surface area contributed by atoms with E-state index in [0.29, 0.717) is 0 Å². The molecule has 1 unspecified atom stereocenters. The lowest BCUT2D eigenvalue weighted by Gasteiger charge is -2.13. The maximum atomic E-state index is 5.42. The van der Waals surface area contributed by atoms with Crippen molar-refractivity contribution in [3.05, 3.63) is 34.9 Å². The van der Waals surface area contributed by atoms with Crippen molar-refractivity contribution in [3.63, 3.8) is 0 Å². The summed E-state index contributed by atoms with van der Waals surface area (Å²) in [6, 6.07) is 6.37. The average molecular weight is 173 g/mol. The number of terminal acetylenes is 1. The van der Waals surface area contributed by atoms with Crippen LogP contribution in [-0.2, 0) is 0 Å². The van der Waals surface area contributed by atoms with Crippen molar-refractivity contribution in [2.75, 3.05) is 7.05 Å². The molecule has 0 bridgehead atoms. The Morgan fingerprint density at radius 2 is 2.08 bits per heavy atom. The van der Waals surface area contributed by atoms with Crippen molar-refractivity contribution in [2.24, 2.45) is 0 Å². The number of nitrogens with one attached hydrogen (secondary N) is 1. The summed E-state index contributed by atoms with van der Waals surface area (Å²) in [4.78, 5) is 0. The molecule has 0 radical (unpaired) electrons. The monoisotopic (exact) mass is 173 g/mol. The van der Waals surface area contributed by atoms with Crippen LogP contribution in [-0.4, -0.2) is 7.05 Å². The molecular weight excluding hydrogens is 158 g/mol. The van der Waals surface area contributed by atoms with E-state index in [2.05, 4.69) is 43.3 Å². The van der Waals surface area contributed by atoms with Gasteiger partial charge in [-0.15, -0.1) is 6.42 Å². The fourth-order valence-electron chi connectivity index (χ4n) is 1.40. The molecule has 1 atom stereocenters. The second-order valence-corrected chi connectivity index (χ2v) is 3.25. The molecule has 0 aliphatic carbocycles. The Balaban J connectivity index is 3.13. The fraction of sp³-hybridized carbons (Fsp3) is 0.333. The summed E-state index contributed by atoms with van der Waals surface area (Å²) >= 11 is 0. The normalized spacial score (nSPS) is 12.2. The van der Waals surface area contributed by atoms with E-state index in [1.807, 2.05) is 7.05 Å². The van der Waals surface area contributed by atoms with Crippen LogP contribution >= 0.6 is 0 Å². The molecule has 0 heterocycles. The lowest BCUT2D eigenvalue weighted by atomic mass is 9.99. The highest BCUT2D eigenvalue weighted by molar-refractivity contribution is 5.36. The third-order valence-electron chi connectivity index (χ3n) is 2.20. The van der Waals surface area contributed by atoms with Gasteiger partial charge in [-0.1, -0.05) is 29.7 Å². The molecule has 0 aliphatic heterocycles. The van der Waals surface area contributed by atoms with Crippen LogP contribution < -0.4 is 5.32 Å². The summed E-state index contributed by atoms with van der Waals surface area (Å²) in [7, 11) is 1.88. The van der Waals surface area contributed by atoms with Gasteiger partial charge in [-0.25, -0.2) is 0 Å². The minimum absolute atomic E-state index is 0.0277. The van der Waals surface area contributed by atoms with Gasteiger partial charge in [0.05, 0.1) is 6.04 Å². The largest absolute Gasteiger partial charge is 0.303 e. The predicted molar refractivity (Wildman–Crippen MR) is 56.5 cm³/mol. The maximum absolute atomic E-state index is 5.42. The molecule has 1 aromatic carbocycles. The van der Waals surface area contributed by atoms with Gasteiger partial charge in [0, 0.05) is 0 Å². The Bertz CT molecular complexity index is 333. The van der Waals surface area contributed by atoms with Crippen molar-refractivity contribution in [2.45, 2.75) is 19.9 Å². The summed E-state index contributed by atoms with van der Waals surface area (Å²) < 4.78 is 0. The summed E-state index contributed by atoms with van der Waals surface area (Å²) in [5, 5.41) is 3.10. The molecule has 0 saturated carbocycles. The van der Waals surface area contributed by atoms with Crippen molar-refractivity contribution < 1.29 is 0 Å². The first-order valence-electron chi connectivity index (χ1n) is 4.39. The van der Waals surface area contributed by atoms with Crippen LogP contribution in [0.2, 0.25) is 0 Å². The summed E-state index contributed by atoms with van der Waals surface area (Å²) in [6.45, 7) is 4.16. The Kier molecular flexibility index (Phi) is 3.11. The Hall–Kier alpha value is -1.26. The number of hydrogen-bond acceptors (Lipinski definition) is 1. The minimum Gasteiger partial charge on any atom is -0.303 e. The van der Waals surface area contributed by atoms with Gasteiger partial charge in [-0.3, -0.25) is 0 Å². The molecule has 13 heavy (non-hydrogen) atoms. The van der Waals surface area contributed by atoms with Gasteiger partial charge in [0.1, 0.15) is 0 Å². The summed E-state index contributed by atoms with van der Waals surface area (Å²) in [6.07, 6.45) is 5.42. The van der Waals surface area contributed by atoms with Crippen LogP contribution in [0, 0.1) is 26.2 Å². The van der Waals surface area contributed by atoms with E-state index in [-0.39, 0.29) is 6.04 Å². The van der Waals surface area contributed by atoms with Crippen molar-refractivity contribution in [1.29, 1.82) is 0 Å². The topological polar surface area (TPSA) is 12.0 Å². The molecule has 0 spiro atoms. The number of benzene rings is 1.